The highest BCUT2D eigenvalue weighted by atomic mass is 31.2. The van der Waals surface area contributed by atoms with Crippen LogP contribution in [-0.2, 0) is 25.0 Å². The Morgan fingerprint density at radius 1 is 1.52 bits per heavy atom. The van der Waals surface area contributed by atoms with Crippen molar-refractivity contribution < 1.29 is 22.9 Å². The van der Waals surface area contributed by atoms with Gasteiger partial charge in [-0.25, -0.2) is 19.3 Å². The van der Waals surface area contributed by atoms with Crippen LogP contribution in [0.15, 0.2) is 40.5 Å². The van der Waals surface area contributed by atoms with Gasteiger partial charge >= 0.3 is 13.5 Å². The van der Waals surface area contributed by atoms with Crippen molar-refractivity contribution in [1.29, 1.82) is 0 Å². The summed E-state index contributed by atoms with van der Waals surface area (Å²) in [7, 11) is -3.98. The smallest absolute Gasteiger partial charge is 0.400 e. The highest BCUT2D eigenvalue weighted by Gasteiger charge is 2.41. The van der Waals surface area contributed by atoms with E-state index in [0.717, 1.165) is 0 Å². The lowest BCUT2D eigenvalue weighted by atomic mass is 10.1. The molecule has 0 bridgehead atoms. The Kier molecular flexibility index (Phi) is 4.72. The fourth-order valence-corrected chi connectivity index (χ4v) is 3.92. The Morgan fingerprint density at radius 2 is 2.34 bits per heavy atom. The molecule has 0 amide bonds. The van der Waals surface area contributed by atoms with Gasteiger partial charge in [0.2, 0.25) is 0 Å². The summed E-state index contributed by atoms with van der Waals surface area (Å²) in [4.78, 5) is 33.6. The minimum Gasteiger partial charge on any atom is -0.400 e. The summed E-state index contributed by atoms with van der Waals surface area (Å²) in [5.41, 5.74) is -1.82. The predicted octanol–water partition coefficient (Wildman–Crippen LogP) is 0.826. The Balaban J connectivity index is 1.49. The molecular weight excluding hydrogens is 403 g/mol. The van der Waals surface area contributed by atoms with Gasteiger partial charge in [0.1, 0.15) is 25.2 Å². The zero-order valence-electron chi connectivity index (χ0n) is 15.1. The molecule has 0 unspecified atom stereocenters. The molecule has 0 saturated heterocycles. The van der Waals surface area contributed by atoms with Gasteiger partial charge in [-0.2, -0.15) is 0 Å². The van der Waals surface area contributed by atoms with Gasteiger partial charge in [0, 0.05) is 11.8 Å². The maximum absolute atomic E-state index is 12.7. The van der Waals surface area contributed by atoms with Crippen LogP contribution in [0.4, 0.5) is 0 Å². The van der Waals surface area contributed by atoms with Crippen molar-refractivity contribution in [2.45, 2.75) is 25.4 Å². The lowest BCUT2D eigenvalue weighted by Crippen LogP contribution is -2.37. The van der Waals surface area contributed by atoms with E-state index in [-0.39, 0.29) is 19.0 Å². The number of phosphoric ester groups is 1. The highest BCUT2D eigenvalue weighted by molar-refractivity contribution is 7.49. The fraction of sp³-hybridized carbons (Fsp3) is 0.294. The number of nitrogens with one attached hydrogen (secondary N) is 1. The number of rotatable bonds is 4. The summed E-state index contributed by atoms with van der Waals surface area (Å²) in [6.45, 7) is 1.10. The van der Waals surface area contributed by atoms with Gasteiger partial charge in [0.25, 0.3) is 5.56 Å². The van der Waals surface area contributed by atoms with E-state index in [1.54, 1.807) is 6.92 Å². The van der Waals surface area contributed by atoms with Crippen LogP contribution in [0.5, 0.6) is 5.75 Å². The van der Waals surface area contributed by atoms with Crippen molar-refractivity contribution in [3.05, 3.63) is 63.0 Å². The minimum atomic E-state index is -3.98. The molecule has 4 rings (SSSR count). The molecule has 1 N–H and O–H groups in total. The molecule has 2 aromatic rings. The number of aryl methyl sites for hydroxylation is 1. The topological polar surface area (TPSA) is 135 Å². The maximum atomic E-state index is 12.7. The van der Waals surface area contributed by atoms with Crippen LogP contribution in [0.3, 0.4) is 0 Å². The number of fused-ring (bicyclic) bond motifs is 1. The Bertz CT molecular complexity index is 1200. The summed E-state index contributed by atoms with van der Waals surface area (Å²) in [5, 5.41) is 0. The second-order valence-electron chi connectivity index (χ2n) is 6.30. The summed E-state index contributed by atoms with van der Waals surface area (Å²) < 4.78 is 35.5. The normalized spacial score (nSPS) is 27.8. The standard InChI is InChI=1S/C17H15N4O7P/c1-3-17(5-4-14(27-17)21-7-11(2)15(22)20-16(21)23)9-26-29(24)25-8-12-13(28-29)6-18-10-19-12/h1,4-7,10,14H,8-9H2,2H3,(H,20,22,23)/t14-,17+,29+/m1/s1. The van der Waals surface area contributed by atoms with Crippen LogP contribution in [0, 0.1) is 19.3 Å². The molecule has 0 radical (unpaired) electrons. The van der Waals surface area contributed by atoms with Crippen LogP contribution < -0.4 is 15.8 Å². The number of aromatic amines is 1. The third-order valence-corrected chi connectivity index (χ3v) is 5.60. The van der Waals surface area contributed by atoms with E-state index in [2.05, 4.69) is 20.9 Å². The van der Waals surface area contributed by atoms with Crippen molar-refractivity contribution in [3.63, 3.8) is 0 Å². The molecule has 2 aliphatic heterocycles. The first-order valence-electron chi connectivity index (χ1n) is 8.38. The van der Waals surface area contributed by atoms with Crippen molar-refractivity contribution in [3.8, 4) is 18.1 Å². The second kappa shape index (κ2) is 7.09. The average Bonchev–Trinajstić information content (AvgIpc) is 3.14. The largest absolute Gasteiger partial charge is 0.530 e. The van der Waals surface area contributed by atoms with Crippen LogP contribution in [0.25, 0.3) is 0 Å². The molecule has 12 heteroatoms. The summed E-state index contributed by atoms with van der Waals surface area (Å²) in [5.74, 6) is 2.61. The molecule has 4 heterocycles. The first kappa shape index (κ1) is 19.3. The SMILES string of the molecule is C#C[C@@]1(CO[P@]2(=O)OCc3ncncc3O2)C=C[C@H](n2cc(C)c(=O)[nH]c2=O)O1. The Hall–Kier alpha value is -3.03. The third kappa shape index (κ3) is 3.66. The highest BCUT2D eigenvalue weighted by Crippen LogP contribution is 2.54. The van der Waals surface area contributed by atoms with Gasteiger partial charge in [-0.05, 0) is 19.1 Å². The van der Waals surface area contributed by atoms with Gasteiger partial charge in [-0.3, -0.25) is 23.4 Å². The van der Waals surface area contributed by atoms with Gasteiger partial charge in [0.15, 0.2) is 17.6 Å². The van der Waals surface area contributed by atoms with Crippen molar-refractivity contribution in [1.82, 2.24) is 19.5 Å². The lowest BCUT2D eigenvalue weighted by molar-refractivity contribution is -0.0512. The molecule has 2 aromatic heterocycles. The number of hydrogen-bond acceptors (Lipinski definition) is 9. The number of hydrogen-bond donors (Lipinski definition) is 1. The molecule has 29 heavy (non-hydrogen) atoms. The maximum Gasteiger partial charge on any atom is 0.530 e. The van der Waals surface area contributed by atoms with E-state index >= 15 is 0 Å². The molecule has 0 fully saturated rings. The van der Waals surface area contributed by atoms with E-state index < -0.39 is 30.9 Å². The lowest BCUT2D eigenvalue weighted by Gasteiger charge is -2.28. The molecule has 0 saturated carbocycles. The molecular formula is C17H15N4O7P. The number of terminal acetylenes is 1. The second-order valence-corrected chi connectivity index (χ2v) is 7.89. The summed E-state index contributed by atoms with van der Waals surface area (Å²) >= 11 is 0. The van der Waals surface area contributed by atoms with E-state index in [9.17, 15) is 14.2 Å². The monoisotopic (exact) mass is 418 g/mol. The van der Waals surface area contributed by atoms with Crippen LogP contribution in [-0.4, -0.2) is 31.7 Å². The van der Waals surface area contributed by atoms with Gasteiger partial charge in [-0.1, -0.05) is 5.92 Å². The third-order valence-electron chi connectivity index (χ3n) is 4.29. The first-order valence-corrected chi connectivity index (χ1v) is 9.84. The predicted molar refractivity (Wildman–Crippen MR) is 97.9 cm³/mol. The molecule has 0 aliphatic carbocycles. The summed E-state index contributed by atoms with van der Waals surface area (Å²) in [6, 6.07) is 0. The fourth-order valence-electron chi connectivity index (χ4n) is 2.71. The summed E-state index contributed by atoms with van der Waals surface area (Å²) in [6.07, 6.45) is 11.8. The molecule has 150 valence electrons. The molecule has 2 aliphatic rings. The Labute approximate surface area is 163 Å². The van der Waals surface area contributed by atoms with Crippen molar-refractivity contribution >= 4 is 7.82 Å². The van der Waals surface area contributed by atoms with E-state index in [0.29, 0.717) is 11.3 Å². The Morgan fingerprint density at radius 3 is 3.14 bits per heavy atom. The quantitative estimate of drug-likeness (QED) is 0.435. The zero-order chi connectivity index (χ0) is 20.6. The van der Waals surface area contributed by atoms with Gasteiger partial charge in [-0.15, -0.1) is 6.42 Å². The van der Waals surface area contributed by atoms with E-state index in [1.165, 1.54) is 35.4 Å². The van der Waals surface area contributed by atoms with Gasteiger partial charge < -0.3 is 9.26 Å². The molecule has 3 atom stereocenters. The molecule has 11 nitrogen and oxygen atoms in total. The molecule has 0 spiro atoms. The first-order chi connectivity index (χ1) is 13.8. The molecule has 0 aromatic carbocycles. The van der Waals surface area contributed by atoms with Crippen LogP contribution in [0.1, 0.15) is 17.5 Å². The number of phosphoric acid groups is 1. The van der Waals surface area contributed by atoms with Crippen LogP contribution >= 0.6 is 7.82 Å². The van der Waals surface area contributed by atoms with Crippen LogP contribution in [0.2, 0.25) is 0 Å². The zero-order valence-corrected chi connectivity index (χ0v) is 16.0. The van der Waals surface area contributed by atoms with Crippen molar-refractivity contribution in [2.75, 3.05) is 6.61 Å². The average molecular weight is 418 g/mol. The van der Waals surface area contributed by atoms with Crippen molar-refractivity contribution in [2.24, 2.45) is 0 Å². The number of aromatic nitrogens is 4. The minimum absolute atomic E-state index is 0.0798. The number of H-pyrrole nitrogens is 1. The van der Waals surface area contributed by atoms with Gasteiger partial charge in [0.05, 0.1) is 6.20 Å². The van der Waals surface area contributed by atoms with E-state index in [1.807, 2.05) is 0 Å². The number of nitrogens with zero attached hydrogens (tertiary/aromatic N) is 3. The van der Waals surface area contributed by atoms with E-state index in [4.69, 9.17) is 24.7 Å². The number of ether oxygens (including phenoxy) is 1.